The third-order valence-corrected chi connectivity index (χ3v) is 6.72. The Morgan fingerprint density at radius 1 is 1.16 bits per heavy atom. The predicted molar refractivity (Wildman–Crippen MR) is 121 cm³/mol. The van der Waals surface area contributed by atoms with E-state index >= 15 is 0 Å². The van der Waals surface area contributed by atoms with Gasteiger partial charge in [0.2, 0.25) is 10.0 Å². The van der Waals surface area contributed by atoms with Gasteiger partial charge in [0.15, 0.2) is 0 Å². The van der Waals surface area contributed by atoms with Gasteiger partial charge >= 0.3 is 0 Å². The number of aliphatic hydroxyl groups is 1. The lowest BCUT2D eigenvalue weighted by atomic mass is 10.2. The van der Waals surface area contributed by atoms with Crippen molar-refractivity contribution in [2.24, 2.45) is 5.10 Å². The van der Waals surface area contributed by atoms with E-state index in [2.05, 4.69) is 10.5 Å². The number of nitro groups is 1. The summed E-state index contributed by atoms with van der Waals surface area (Å²) in [6.45, 7) is 4.52. The van der Waals surface area contributed by atoms with Crippen LogP contribution in [0.15, 0.2) is 52.5 Å². The van der Waals surface area contributed by atoms with Crippen LogP contribution in [-0.2, 0) is 10.0 Å². The zero-order valence-corrected chi connectivity index (χ0v) is 18.5. The second-order valence-electron chi connectivity index (χ2n) is 6.63. The van der Waals surface area contributed by atoms with Crippen molar-refractivity contribution in [2.75, 3.05) is 43.6 Å². The van der Waals surface area contributed by atoms with Gasteiger partial charge in [0.25, 0.3) is 5.69 Å². The summed E-state index contributed by atoms with van der Waals surface area (Å²) in [5, 5.41) is 24.5. The molecule has 10 nitrogen and oxygen atoms in total. The molecule has 0 atom stereocenters. The first-order valence-corrected chi connectivity index (χ1v) is 11.2. The van der Waals surface area contributed by atoms with Crippen molar-refractivity contribution < 1.29 is 18.4 Å². The first-order valence-electron chi connectivity index (χ1n) is 9.74. The van der Waals surface area contributed by atoms with E-state index in [0.717, 1.165) is 17.3 Å². The number of anilines is 2. The third kappa shape index (κ3) is 6.00. The molecule has 0 aliphatic rings. The van der Waals surface area contributed by atoms with Crippen molar-refractivity contribution in [1.29, 1.82) is 0 Å². The number of hydrazone groups is 1. The fraction of sp³-hybridized carbons (Fsp3) is 0.350. The van der Waals surface area contributed by atoms with Crippen LogP contribution in [-0.4, -0.2) is 62.3 Å². The molecule has 2 rings (SSSR count). The molecule has 11 heteroatoms. The number of rotatable bonds is 11. The number of aliphatic hydroxyl groups excluding tert-OH is 1. The summed E-state index contributed by atoms with van der Waals surface area (Å²) in [5.74, 6) is 0. The number of hydrogen-bond donors (Lipinski definition) is 2. The molecule has 2 aromatic carbocycles. The molecule has 0 spiro atoms. The summed E-state index contributed by atoms with van der Waals surface area (Å²) in [5.41, 5.74) is 4.00. The van der Waals surface area contributed by atoms with Crippen molar-refractivity contribution in [3.05, 3.63) is 58.1 Å². The smallest absolute Gasteiger partial charge is 0.295 e. The summed E-state index contributed by atoms with van der Waals surface area (Å²) in [6, 6.07) is 11.1. The molecule has 2 aromatic rings. The van der Waals surface area contributed by atoms with Crippen LogP contribution in [0.1, 0.15) is 19.4 Å². The lowest BCUT2D eigenvalue weighted by molar-refractivity contribution is -0.384. The van der Waals surface area contributed by atoms with Gasteiger partial charge in [0.1, 0.15) is 5.69 Å². The summed E-state index contributed by atoms with van der Waals surface area (Å²) in [6.07, 6.45) is 1.50. The monoisotopic (exact) mass is 449 g/mol. The summed E-state index contributed by atoms with van der Waals surface area (Å²) in [4.78, 5) is 12.6. The number of sulfonamides is 1. The number of likely N-dealkylation sites (N-methyl/N-ethyl adjacent to an activating group) is 1. The first kappa shape index (κ1) is 24.3. The number of hydrogen-bond acceptors (Lipinski definition) is 8. The lowest BCUT2D eigenvalue weighted by Gasteiger charge is -2.18. The maximum Gasteiger partial charge on any atom is 0.295 e. The zero-order chi connectivity index (χ0) is 23.0. The van der Waals surface area contributed by atoms with Crippen LogP contribution in [0.2, 0.25) is 0 Å². The number of nitrogens with one attached hydrogen (secondary N) is 1. The molecular weight excluding hydrogens is 422 g/mol. The molecule has 0 bridgehead atoms. The number of nitro benzene ring substituents is 1. The van der Waals surface area contributed by atoms with Gasteiger partial charge in [-0.3, -0.25) is 15.5 Å². The van der Waals surface area contributed by atoms with Crippen molar-refractivity contribution in [3.63, 3.8) is 0 Å². The topological polar surface area (TPSA) is 128 Å². The zero-order valence-electron chi connectivity index (χ0n) is 17.7. The van der Waals surface area contributed by atoms with E-state index in [-0.39, 0.29) is 36.0 Å². The maximum absolute atomic E-state index is 12.6. The minimum Gasteiger partial charge on any atom is -0.395 e. The normalized spacial score (nSPS) is 11.8. The Bertz CT molecular complexity index is 1020. The van der Waals surface area contributed by atoms with E-state index < -0.39 is 14.9 Å². The Kier molecular flexibility index (Phi) is 8.48. The van der Waals surface area contributed by atoms with E-state index in [0.29, 0.717) is 6.54 Å². The van der Waals surface area contributed by atoms with Crippen LogP contribution in [0.3, 0.4) is 0 Å². The van der Waals surface area contributed by atoms with Gasteiger partial charge in [0.05, 0.1) is 22.6 Å². The molecule has 0 unspecified atom stereocenters. The van der Waals surface area contributed by atoms with Crippen LogP contribution >= 0.6 is 0 Å². The van der Waals surface area contributed by atoms with Crippen molar-refractivity contribution in [2.45, 2.75) is 18.7 Å². The van der Waals surface area contributed by atoms with Gasteiger partial charge in [-0.05, 0) is 29.8 Å². The molecule has 0 saturated carbocycles. The third-order valence-electron chi connectivity index (χ3n) is 4.68. The van der Waals surface area contributed by atoms with Crippen molar-refractivity contribution in [1.82, 2.24) is 4.31 Å². The van der Waals surface area contributed by atoms with E-state index in [9.17, 15) is 18.5 Å². The van der Waals surface area contributed by atoms with Gasteiger partial charge in [0, 0.05) is 38.4 Å². The molecule has 0 aromatic heterocycles. The molecule has 31 heavy (non-hydrogen) atoms. The van der Waals surface area contributed by atoms with Gasteiger partial charge in [-0.25, -0.2) is 8.42 Å². The molecule has 0 amide bonds. The van der Waals surface area contributed by atoms with Crippen molar-refractivity contribution >= 4 is 33.3 Å². The SMILES string of the molecule is CCN(CC)S(=O)(=O)c1ccc(NN=Cc2ccc(N(C)CCO)cc2)c([N+](=O)[O-])c1. The number of nitrogens with zero attached hydrogens (tertiary/aromatic N) is 4. The molecule has 168 valence electrons. The van der Waals surface area contributed by atoms with Crippen LogP contribution in [0.4, 0.5) is 17.1 Å². The second-order valence-corrected chi connectivity index (χ2v) is 8.57. The average Bonchev–Trinajstić information content (AvgIpc) is 2.75. The Balaban J connectivity index is 2.21. The van der Waals surface area contributed by atoms with E-state index in [4.69, 9.17) is 5.11 Å². The van der Waals surface area contributed by atoms with Crippen LogP contribution in [0.25, 0.3) is 0 Å². The Hall–Kier alpha value is -3.02. The molecule has 0 heterocycles. The predicted octanol–water partition coefficient (Wildman–Crippen LogP) is 2.50. The van der Waals surface area contributed by atoms with Crippen LogP contribution < -0.4 is 10.3 Å². The van der Waals surface area contributed by atoms with Gasteiger partial charge in [-0.2, -0.15) is 9.41 Å². The molecule has 0 radical (unpaired) electrons. The largest absolute Gasteiger partial charge is 0.395 e. The second kappa shape index (κ2) is 10.8. The lowest BCUT2D eigenvalue weighted by Crippen LogP contribution is -2.30. The molecule has 0 fully saturated rings. The first-order chi connectivity index (χ1) is 14.7. The fourth-order valence-corrected chi connectivity index (χ4v) is 4.38. The maximum atomic E-state index is 12.6. The highest BCUT2D eigenvalue weighted by molar-refractivity contribution is 7.89. The minimum atomic E-state index is -3.81. The highest BCUT2D eigenvalue weighted by atomic mass is 32.2. The highest BCUT2D eigenvalue weighted by Gasteiger charge is 2.25. The van der Waals surface area contributed by atoms with Crippen molar-refractivity contribution in [3.8, 4) is 0 Å². The summed E-state index contributed by atoms with van der Waals surface area (Å²) in [7, 11) is -1.94. The fourth-order valence-electron chi connectivity index (χ4n) is 2.90. The summed E-state index contributed by atoms with van der Waals surface area (Å²) < 4.78 is 26.5. The van der Waals surface area contributed by atoms with E-state index in [1.165, 1.54) is 22.7 Å². The number of benzene rings is 2. The molecule has 2 N–H and O–H groups in total. The standard InChI is InChI=1S/C20H27N5O5S/c1-4-24(5-2)31(29,30)18-10-11-19(20(14-18)25(27)28)22-21-15-16-6-8-17(9-7-16)23(3)12-13-26/h6-11,14-15,22,26H,4-5,12-13H2,1-3H3. The Labute approximate surface area is 182 Å². The van der Waals surface area contributed by atoms with Gasteiger partial charge in [-0.15, -0.1) is 0 Å². The molecule has 0 saturated heterocycles. The molecule has 0 aliphatic heterocycles. The van der Waals surface area contributed by atoms with Crippen LogP contribution in [0.5, 0.6) is 0 Å². The van der Waals surface area contributed by atoms with E-state index in [1.54, 1.807) is 13.8 Å². The Morgan fingerprint density at radius 2 is 1.81 bits per heavy atom. The molecule has 0 aliphatic carbocycles. The highest BCUT2D eigenvalue weighted by Crippen LogP contribution is 2.29. The van der Waals surface area contributed by atoms with Crippen LogP contribution in [0, 0.1) is 10.1 Å². The van der Waals surface area contributed by atoms with Gasteiger partial charge < -0.3 is 10.0 Å². The quantitative estimate of drug-likeness (QED) is 0.306. The van der Waals surface area contributed by atoms with E-state index in [1.807, 2.05) is 36.2 Å². The minimum absolute atomic E-state index is 0.0530. The molecular formula is C20H27N5O5S. The summed E-state index contributed by atoms with van der Waals surface area (Å²) >= 11 is 0. The average molecular weight is 450 g/mol. The Morgan fingerprint density at radius 3 is 2.35 bits per heavy atom. The van der Waals surface area contributed by atoms with Gasteiger partial charge in [-0.1, -0.05) is 26.0 Å².